The van der Waals surface area contributed by atoms with Crippen LogP contribution in [0.15, 0.2) is 91.0 Å². The molecule has 8 rings (SSSR count). The summed E-state index contributed by atoms with van der Waals surface area (Å²) in [5.41, 5.74) is 14.1. The fraction of sp³-hybridized carbons (Fsp3) is 0.244. The molecule has 0 atom stereocenters. The van der Waals surface area contributed by atoms with Gasteiger partial charge in [0.1, 0.15) is 17.1 Å². The number of pyridine rings is 1. The maximum Gasteiger partial charge on any atom is 0.141 e. The first-order valence-electron chi connectivity index (χ1n) is 17.4. The minimum atomic E-state index is -0.0779. The number of aromatic nitrogens is 4. The molecule has 5 nitrogen and oxygen atoms in total. The normalized spacial score (nSPS) is 12.3. The van der Waals surface area contributed by atoms with Crippen molar-refractivity contribution >= 4 is 43.7 Å². The minimum Gasteiger partial charge on any atom is -0.656 e. The van der Waals surface area contributed by atoms with Crippen molar-refractivity contribution in [2.75, 3.05) is 0 Å². The molecule has 0 spiro atoms. The number of aryl methyl sites for hydroxylation is 3. The van der Waals surface area contributed by atoms with Crippen LogP contribution in [-0.4, -0.2) is 19.6 Å². The number of hydrogen-bond acceptors (Lipinski definition) is 3. The molecule has 3 heterocycles. The van der Waals surface area contributed by atoms with Gasteiger partial charge in [-0.1, -0.05) is 119 Å². The molecule has 260 valence electrons. The van der Waals surface area contributed by atoms with Gasteiger partial charge in [0.2, 0.25) is 0 Å². The van der Waals surface area contributed by atoms with Gasteiger partial charge < -0.3 is 14.7 Å². The smallest absolute Gasteiger partial charge is 0.141 e. The number of phenolic OH excluding ortho intramolecular Hbond substituents is 1. The molecule has 3 aromatic heterocycles. The number of nitrogens with zero attached hydrogens (tertiary/aromatic N) is 4. The number of rotatable bonds is 3. The van der Waals surface area contributed by atoms with Gasteiger partial charge in [-0.2, -0.15) is 0 Å². The summed E-state index contributed by atoms with van der Waals surface area (Å²) >= 11 is 0. The van der Waals surface area contributed by atoms with Gasteiger partial charge in [-0.3, -0.25) is 0 Å². The number of imidazole rings is 1. The summed E-state index contributed by atoms with van der Waals surface area (Å²) in [6, 6.07) is 31.9. The summed E-state index contributed by atoms with van der Waals surface area (Å²) in [7, 11) is 2.09. The van der Waals surface area contributed by atoms with Crippen LogP contribution in [0.5, 0.6) is 5.75 Å². The largest absolute Gasteiger partial charge is 0.656 e. The summed E-state index contributed by atoms with van der Waals surface area (Å²) in [5.74, 6) is 1.02. The monoisotopic (exact) mass is 850 g/mol. The molecule has 0 saturated carbocycles. The van der Waals surface area contributed by atoms with Crippen LogP contribution in [0.2, 0.25) is 0 Å². The maximum atomic E-state index is 11.1. The zero-order valence-electron chi connectivity index (χ0n) is 30.7. The van der Waals surface area contributed by atoms with E-state index in [0.29, 0.717) is 5.52 Å². The first-order chi connectivity index (χ1) is 23.7. The van der Waals surface area contributed by atoms with E-state index in [0.717, 1.165) is 66.6 Å². The Balaban J connectivity index is 0.00000406. The van der Waals surface area contributed by atoms with Gasteiger partial charge in [0.15, 0.2) is 0 Å². The second kappa shape index (κ2) is 12.2. The number of fused-ring (bicyclic) bond motifs is 5. The van der Waals surface area contributed by atoms with Crippen LogP contribution >= 0.6 is 0 Å². The topological polar surface area (TPSA) is 65.0 Å². The molecule has 0 saturated heterocycles. The van der Waals surface area contributed by atoms with Crippen LogP contribution in [0.4, 0.5) is 0 Å². The SMILES string of the molecule is Cc1cc(C)cc(-c2cc(-c3cccc4c3nc(-c3cc(C(C)(C)C)cc5c3[n-]c3ccc(C(C)(C)C)cc35)n4C)nc3c(O)cccc23)c1.[Pt]. The Morgan fingerprint density at radius 1 is 0.627 bits per heavy atom. The Hall–Kier alpha value is -4.73. The third kappa shape index (κ3) is 5.86. The number of phenols is 1. The van der Waals surface area contributed by atoms with Crippen molar-refractivity contribution in [2.24, 2.45) is 7.05 Å². The van der Waals surface area contributed by atoms with Gasteiger partial charge in [-0.25, -0.2) is 9.97 Å². The second-order valence-electron chi connectivity index (χ2n) is 16.0. The predicted molar refractivity (Wildman–Crippen MR) is 209 cm³/mol. The molecular weight excluding hydrogens is 808 g/mol. The molecule has 8 aromatic rings. The van der Waals surface area contributed by atoms with Crippen molar-refractivity contribution in [3.63, 3.8) is 0 Å². The number of hydrogen-bond donors (Lipinski definition) is 1. The third-order valence-corrected chi connectivity index (χ3v) is 10.1. The maximum absolute atomic E-state index is 11.1. The average Bonchev–Trinajstić information content (AvgIpc) is 3.60. The van der Waals surface area contributed by atoms with E-state index >= 15 is 0 Å². The van der Waals surface area contributed by atoms with Crippen LogP contribution in [-0.2, 0) is 38.9 Å². The van der Waals surface area contributed by atoms with Crippen LogP contribution in [0.25, 0.3) is 77.5 Å². The number of benzene rings is 5. The fourth-order valence-corrected chi connectivity index (χ4v) is 7.40. The van der Waals surface area contributed by atoms with Gasteiger partial charge in [0.25, 0.3) is 0 Å². The van der Waals surface area contributed by atoms with Crippen molar-refractivity contribution in [3.8, 4) is 39.5 Å². The Kier molecular flexibility index (Phi) is 8.30. The summed E-state index contributed by atoms with van der Waals surface area (Å²) < 4.78 is 2.18. The summed E-state index contributed by atoms with van der Waals surface area (Å²) in [4.78, 5) is 15.7. The molecule has 0 aliphatic rings. The number of aromatic hydroxyl groups is 1. The molecule has 0 aliphatic heterocycles. The van der Waals surface area contributed by atoms with Crippen LogP contribution in [0.1, 0.15) is 63.8 Å². The van der Waals surface area contributed by atoms with Crippen molar-refractivity contribution in [2.45, 2.75) is 66.2 Å². The zero-order chi connectivity index (χ0) is 35.3. The third-order valence-electron chi connectivity index (χ3n) is 10.1. The molecule has 1 N–H and O–H groups in total. The average molecular weight is 851 g/mol. The second-order valence-corrected chi connectivity index (χ2v) is 16.0. The van der Waals surface area contributed by atoms with Crippen LogP contribution in [0.3, 0.4) is 0 Å². The van der Waals surface area contributed by atoms with E-state index in [2.05, 4.69) is 140 Å². The van der Waals surface area contributed by atoms with E-state index in [1.807, 2.05) is 12.1 Å². The van der Waals surface area contributed by atoms with Crippen molar-refractivity contribution in [3.05, 3.63) is 113 Å². The summed E-state index contributed by atoms with van der Waals surface area (Å²) in [6.07, 6.45) is 0. The van der Waals surface area contributed by atoms with E-state index in [9.17, 15) is 5.11 Å². The Morgan fingerprint density at radius 2 is 1.31 bits per heavy atom. The van der Waals surface area contributed by atoms with E-state index in [4.69, 9.17) is 15.0 Å². The van der Waals surface area contributed by atoms with E-state index in [1.54, 1.807) is 6.07 Å². The summed E-state index contributed by atoms with van der Waals surface area (Å²) in [6.45, 7) is 17.8. The van der Waals surface area contributed by atoms with Crippen molar-refractivity contribution in [1.82, 2.24) is 19.5 Å². The first-order valence-corrected chi connectivity index (χ1v) is 17.4. The molecule has 5 aromatic carbocycles. The fourth-order valence-electron chi connectivity index (χ4n) is 7.40. The minimum absolute atomic E-state index is 0. The Labute approximate surface area is 314 Å². The Morgan fingerprint density at radius 3 is 2.02 bits per heavy atom. The molecule has 51 heavy (non-hydrogen) atoms. The van der Waals surface area contributed by atoms with E-state index in [-0.39, 0.29) is 37.6 Å². The van der Waals surface area contributed by atoms with Crippen LogP contribution in [0, 0.1) is 13.8 Å². The van der Waals surface area contributed by atoms with Gasteiger partial charge in [-0.15, -0.1) is 11.0 Å². The predicted octanol–water partition coefficient (Wildman–Crippen LogP) is 11.3. The molecule has 0 unspecified atom stereocenters. The molecule has 0 bridgehead atoms. The van der Waals surface area contributed by atoms with Gasteiger partial charge in [0.05, 0.1) is 16.7 Å². The van der Waals surface area contributed by atoms with E-state index in [1.165, 1.54) is 27.6 Å². The zero-order valence-corrected chi connectivity index (χ0v) is 33.0. The number of para-hydroxylation sites is 2. The van der Waals surface area contributed by atoms with Crippen molar-refractivity contribution < 1.29 is 26.2 Å². The van der Waals surface area contributed by atoms with E-state index < -0.39 is 0 Å². The molecule has 0 radical (unpaired) electrons. The standard InChI is InChI=1S/C45H43N4O.Pt/c1-25-18-26(2)20-27(19-25)32-24-37(47-42-30(32)12-11-15-39(42)50)31-13-10-14-38-41(31)48-43(49(38)9)35-23-29(45(6,7)8)22-34-33-21-28(44(3,4)5)16-17-36(33)46-40(34)35;/h10-24H,1-9H3,(H-,46,47,48,50);/q-1;. The van der Waals surface area contributed by atoms with Crippen molar-refractivity contribution in [1.29, 1.82) is 0 Å². The summed E-state index contributed by atoms with van der Waals surface area (Å²) in [5, 5.41) is 14.3. The molecule has 0 amide bonds. The first kappa shape index (κ1) is 34.7. The molecule has 0 aliphatic carbocycles. The molecule has 6 heteroatoms. The molecular formula is C45H43N4OPt-. The van der Waals surface area contributed by atoms with Gasteiger partial charge >= 0.3 is 0 Å². The van der Waals surface area contributed by atoms with Gasteiger partial charge in [0, 0.05) is 44.6 Å². The molecule has 0 fully saturated rings. The van der Waals surface area contributed by atoms with Crippen LogP contribution < -0.4 is 4.98 Å². The van der Waals surface area contributed by atoms with Gasteiger partial charge in [-0.05, 0) is 82.0 Å². The quantitative estimate of drug-likeness (QED) is 0.192. The Bertz CT molecular complexity index is 2650.